The summed E-state index contributed by atoms with van der Waals surface area (Å²) >= 11 is 0. The molecule has 0 amide bonds. The van der Waals surface area contributed by atoms with Crippen LogP contribution in [-0.4, -0.2) is 39.9 Å². The fraction of sp³-hybridized carbons (Fsp3) is 0.300. The average molecular weight is 297 g/mol. The van der Waals surface area contributed by atoms with Crippen LogP contribution < -0.4 is 11.3 Å². The molecule has 0 aliphatic rings. The standard InChI is InChI=1S/C10H15N7O2S/c1-7-13-9(16-15-7)6-17(2)20(18,19)8-4-3-5-12-10(8)14-11/h3-5H,6,11H2,1-2H3,(H,12,14)(H,13,15,16). The summed E-state index contributed by atoms with van der Waals surface area (Å²) in [6, 6.07) is 2.95. The molecular formula is C10H15N7O2S. The van der Waals surface area contributed by atoms with Crippen molar-refractivity contribution in [2.45, 2.75) is 18.4 Å². The van der Waals surface area contributed by atoms with Crippen molar-refractivity contribution in [3.05, 3.63) is 30.0 Å². The van der Waals surface area contributed by atoms with Crippen molar-refractivity contribution in [2.75, 3.05) is 12.5 Å². The zero-order chi connectivity index (χ0) is 14.8. The van der Waals surface area contributed by atoms with Crippen LogP contribution in [0.5, 0.6) is 0 Å². The molecule has 0 fully saturated rings. The van der Waals surface area contributed by atoms with Crippen molar-refractivity contribution < 1.29 is 8.42 Å². The summed E-state index contributed by atoms with van der Waals surface area (Å²) in [6.07, 6.45) is 1.45. The van der Waals surface area contributed by atoms with E-state index in [-0.39, 0.29) is 17.3 Å². The van der Waals surface area contributed by atoms with Gasteiger partial charge in [-0.05, 0) is 19.1 Å². The second kappa shape index (κ2) is 5.53. The van der Waals surface area contributed by atoms with E-state index in [1.54, 1.807) is 6.92 Å². The Kier molecular flexibility index (Phi) is 3.97. The number of hydrogen-bond acceptors (Lipinski definition) is 7. The van der Waals surface area contributed by atoms with E-state index < -0.39 is 10.0 Å². The molecule has 0 unspecified atom stereocenters. The number of hydrogen-bond donors (Lipinski definition) is 3. The van der Waals surface area contributed by atoms with Gasteiger partial charge in [-0.1, -0.05) is 0 Å². The van der Waals surface area contributed by atoms with E-state index in [1.807, 2.05) is 0 Å². The first-order valence-electron chi connectivity index (χ1n) is 5.71. The molecule has 0 atom stereocenters. The molecule has 108 valence electrons. The number of nitrogen functional groups attached to an aromatic ring is 1. The van der Waals surface area contributed by atoms with Gasteiger partial charge in [0, 0.05) is 13.2 Å². The molecule has 0 aliphatic heterocycles. The van der Waals surface area contributed by atoms with E-state index in [0.29, 0.717) is 11.6 Å². The van der Waals surface area contributed by atoms with Gasteiger partial charge in [-0.15, -0.1) is 0 Å². The number of nitrogens with zero attached hydrogens (tertiary/aromatic N) is 4. The first-order chi connectivity index (χ1) is 9.45. The third-order valence-electron chi connectivity index (χ3n) is 2.60. The van der Waals surface area contributed by atoms with Gasteiger partial charge in [0.05, 0.1) is 6.54 Å². The predicted molar refractivity (Wildman–Crippen MR) is 71.8 cm³/mol. The molecule has 4 N–H and O–H groups in total. The van der Waals surface area contributed by atoms with Crippen molar-refractivity contribution in [3.63, 3.8) is 0 Å². The van der Waals surface area contributed by atoms with Crippen LogP contribution in [0.3, 0.4) is 0 Å². The van der Waals surface area contributed by atoms with Gasteiger partial charge >= 0.3 is 0 Å². The normalized spacial score (nSPS) is 11.8. The topological polar surface area (TPSA) is 130 Å². The molecule has 0 aliphatic carbocycles. The number of nitrogens with one attached hydrogen (secondary N) is 2. The van der Waals surface area contributed by atoms with Crippen molar-refractivity contribution in [3.8, 4) is 0 Å². The number of aryl methyl sites for hydroxylation is 1. The summed E-state index contributed by atoms with van der Waals surface area (Å²) in [5.74, 6) is 6.38. The maximum absolute atomic E-state index is 12.4. The van der Waals surface area contributed by atoms with Gasteiger partial charge in [-0.25, -0.2) is 24.2 Å². The smallest absolute Gasteiger partial charge is 0.246 e. The Bertz CT molecular complexity index is 697. The van der Waals surface area contributed by atoms with Gasteiger partial charge in [0.2, 0.25) is 10.0 Å². The van der Waals surface area contributed by atoms with E-state index in [2.05, 4.69) is 25.6 Å². The first kappa shape index (κ1) is 14.4. The van der Waals surface area contributed by atoms with Crippen molar-refractivity contribution in [1.29, 1.82) is 0 Å². The quantitative estimate of drug-likeness (QED) is 0.506. The lowest BCUT2D eigenvalue weighted by atomic mass is 10.5. The highest BCUT2D eigenvalue weighted by atomic mass is 32.2. The molecule has 0 aromatic carbocycles. The lowest BCUT2D eigenvalue weighted by Crippen LogP contribution is -2.28. The van der Waals surface area contributed by atoms with E-state index >= 15 is 0 Å². The Morgan fingerprint density at radius 2 is 2.25 bits per heavy atom. The number of pyridine rings is 1. The van der Waals surface area contributed by atoms with E-state index in [0.717, 1.165) is 4.31 Å². The SMILES string of the molecule is Cc1nc(CN(C)S(=O)(=O)c2cccnc2NN)n[nH]1. The molecule has 20 heavy (non-hydrogen) atoms. The number of sulfonamides is 1. The van der Waals surface area contributed by atoms with Gasteiger partial charge in [-0.3, -0.25) is 5.10 Å². The summed E-state index contributed by atoms with van der Waals surface area (Å²) in [7, 11) is -2.30. The Labute approximate surface area is 116 Å². The Hall–Kier alpha value is -2.04. The van der Waals surface area contributed by atoms with Gasteiger partial charge < -0.3 is 5.43 Å². The van der Waals surface area contributed by atoms with Gasteiger partial charge in [0.15, 0.2) is 11.6 Å². The third kappa shape index (κ3) is 2.76. The van der Waals surface area contributed by atoms with Crippen LogP contribution in [0.15, 0.2) is 23.2 Å². The van der Waals surface area contributed by atoms with Crippen molar-refractivity contribution in [2.24, 2.45) is 5.84 Å². The maximum atomic E-state index is 12.4. The highest BCUT2D eigenvalue weighted by molar-refractivity contribution is 7.89. The zero-order valence-corrected chi connectivity index (χ0v) is 11.8. The number of H-pyrrole nitrogens is 1. The van der Waals surface area contributed by atoms with Gasteiger partial charge in [0.1, 0.15) is 10.7 Å². The summed E-state index contributed by atoms with van der Waals surface area (Å²) < 4.78 is 26.0. The van der Waals surface area contributed by atoms with E-state index in [9.17, 15) is 8.42 Å². The van der Waals surface area contributed by atoms with E-state index in [1.165, 1.54) is 25.4 Å². The highest BCUT2D eigenvalue weighted by Crippen LogP contribution is 2.21. The molecule has 9 nitrogen and oxygen atoms in total. The van der Waals surface area contributed by atoms with Crippen LogP contribution in [0.1, 0.15) is 11.6 Å². The molecule has 2 rings (SSSR count). The third-order valence-corrected chi connectivity index (χ3v) is 4.44. The van der Waals surface area contributed by atoms with Gasteiger partial charge in [0.25, 0.3) is 0 Å². The Morgan fingerprint density at radius 1 is 1.50 bits per heavy atom. The molecule has 0 saturated heterocycles. The fourth-order valence-electron chi connectivity index (χ4n) is 1.62. The lowest BCUT2D eigenvalue weighted by molar-refractivity contribution is 0.457. The molecule has 0 bridgehead atoms. The number of aromatic amines is 1. The zero-order valence-electron chi connectivity index (χ0n) is 11.0. The maximum Gasteiger partial charge on any atom is 0.246 e. The molecule has 0 radical (unpaired) electrons. The second-order valence-electron chi connectivity index (χ2n) is 4.09. The van der Waals surface area contributed by atoms with E-state index in [4.69, 9.17) is 5.84 Å². The number of anilines is 1. The summed E-state index contributed by atoms with van der Waals surface area (Å²) in [6.45, 7) is 1.79. The molecule has 2 aromatic heterocycles. The molecule has 0 spiro atoms. The van der Waals surface area contributed by atoms with Crippen LogP contribution in [0.4, 0.5) is 5.82 Å². The summed E-state index contributed by atoms with van der Waals surface area (Å²) in [5.41, 5.74) is 2.27. The molecular weight excluding hydrogens is 282 g/mol. The fourth-order valence-corrected chi connectivity index (χ4v) is 2.85. The number of nitrogens with two attached hydrogens (primary N) is 1. The highest BCUT2D eigenvalue weighted by Gasteiger charge is 2.25. The van der Waals surface area contributed by atoms with Crippen molar-refractivity contribution in [1.82, 2.24) is 24.5 Å². The summed E-state index contributed by atoms with van der Waals surface area (Å²) in [5, 5.41) is 6.57. The Balaban J connectivity index is 2.29. The van der Waals surface area contributed by atoms with Crippen molar-refractivity contribution >= 4 is 15.8 Å². The minimum absolute atomic E-state index is 0.00254. The number of rotatable bonds is 5. The minimum atomic E-state index is -3.74. The molecule has 2 aromatic rings. The molecule has 2 heterocycles. The largest absolute Gasteiger partial charge is 0.307 e. The molecule has 10 heteroatoms. The van der Waals surface area contributed by atoms with Crippen LogP contribution >= 0.6 is 0 Å². The second-order valence-corrected chi connectivity index (χ2v) is 6.11. The van der Waals surface area contributed by atoms with Crippen LogP contribution in [0, 0.1) is 6.92 Å². The molecule has 0 saturated carbocycles. The Morgan fingerprint density at radius 3 is 2.85 bits per heavy atom. The predicted octanol–water partition coefficient (Wildman–Crippen LogP) is -0.386. The first-order valence-corrected chi connectivity index (χ1v) is 7.15. The number of hydrazine groups is 1. The summed E-state index contributed by atoms with van der Waals surface area (Å²) in [4.78, 5) is 7.95. The van der Waals surface area contributed by atoms with Crippen LogP contribution in [-0.2, 0) is 16.6 Å². The van der Waals surface area contributed by atoms with Crippen LogP contribution in [0.2, 0.25) is 0 Å². The lowest BCUT2D eigenvalue weighted by Gasteiger charge is -2.17. The minimum Gasteiger partial charge on any atom is -0.307 e. The van der Waals surface area contributed by atoms with Crippen LogP contribution in [0.25, 0.3) is 0 Å². The monoisotopic (exact) mass is 297 g/mol. The van der Waals surface area contributed by atoms with Gasteiger partial charge in [-0.2, -0.15) is 9.40 Å². The average Bonchev–Trinajstić information content (AvgIpc) is 2.84. The number of aromatic nitrogens is 4.